The molecule has 108 valence electrons. The van der Waals surface area contributed by atoms with Crippen LogP contribution < -0.4 is 5.73 Å². The molecule has 2 atom stereocenters. The van der Waals surface area contributed by atoms with Crippen LogP contribution in [-0.2, 0) is 7.05 Å². The highest BCUT2D eigenvalue weighted by Gasteiger charge is 2.21. The SMILES string of the molecule is CCC(N)C(Sc1ccc(Cl)c(Cl)c1)c1cnn(C)c1. The van der Waals surface area contributed by atoms with Crippen molar-refractivity contribution < 1.29 is 0 Å². The van der Waals surface area contributed by atoms with Crippen molar-refractivity contribution in [3.63, 3.8) is 0 Å². The van der Waals surface area contributed by atoms with Gasteiger partial charge < -0.3 is 5.73 Å². The summed E-state index contributed by atoms with van der Waals surface area (Å²) < 4.78 is 1.79. The van der Waals surface area contributed by atoms with Crippen LogP contribution in [0, 0.1) is 0 Å². The lowest BCUT2D eigenvalue weighted by atomic mass is 10.1. The number of aromatic nitrogens is 2. The molecule has 2 rings (SSSR count). The van der Waals surface area contributed by atoms with E-state index in [1.807, 2.05) is 37.6 Å². The van der Waals surface area contributed by atoms with E-state index >= 15 is 0 Å². The standard InChI is InChI=1S/C14H17Cl2N3S/c1-3-13(17)14(9-7-18-19(2)8-9)20-10-4-5-11(15)12(16)6-10/h4-8,13-14H,3,17H2,1-2H3. The Morgan fingerprint density at radius 1 is 1.35 bits per heavy atom. The highest BCUT2D eigenvalue weighted by atomic mass is 35.5. The summed E-state index contributed by atoms with van der Waals surface area (Å²) in [5.41, 5.74) is 7.38. The summed E-state index contributed by atoms with van der Waals surface area (Å²) in [6, 6.07) is 5.70. The van der Waals surface area contributed by atoms with Gasteiger partial charge in [-0.15, -0.1) is 11.8 Å². The van der Waals surface area contributed by atoms with Gasteiger partial charge in [-0.25, -0.2) is 0 Å². The van der Waals surface area contributed by atoms with Crippen LogP contribution in [0.2, 0.25) is 10.0 Å². The van der Waals surface area contributed by atoms with Crippen LogP contribution in [0.5, 0.6) is 0 Å². The molecule has 3 nitrogen and oxygen atoms in total. The largest absolute Gasteiger partial charge is 0.326 e. The van der Waals surface area contributed by atoms with E-state index in [1.54, 1.807) is 16.4 Å². The molecule has 0 spiro atoms. The quantitative estimate of drug-likeness (QED) is 0.832. The third-order valence-corrected chi connectivity index (χ3v) is 5.21. The average molecular weight is 330 g/mol. The van der Waals surface area contributed by atoms with Gasteiger partial charge in [-0.1, -0.05) is 30.1 Å². The normalized spacial score (nSPS) is 14.2. The van der Waals surface area contributed by atoms with Gasteiger partial charge in [0.05, 0.1) is 21.5 Å². The Hall–Kier alpha value is -0.680. The number of rotatable bonds is 5. The van der Waals surface area contributed by atoms with Gasteiger partial charge in [0.25, 0.3) is 0 Å². The summed E-state index contributed by atoms with van der Waals surface area (Å²) in [6.45, 7) is 2.09. The lowest BCUT2D eigenvalue weighted by Crippen LogP contribution is -2.25. The van der Waals surface area contributed by atoms with E-state index in [0.29, 0.717) is 10.0 Å². The van der Waals surface area contributed by atoms with Crippen molar-refractivity contribution >= 4 is 35.0 Å². The number of thioether (sulfide) groups is 1. The summed E-state index contributed by atoms with van der Waals surface area (Å²) in [7, 11) is 1.90. The number of halogens is 2. The molecule has 2 N–H and O–H groups in total. The molecule has 6 heteroatoms. The monoisotopic (exact) mass is 329 g/mol. The molecule has 20 heavy (non-hydrogen) atoms. The van der Waals surface area contributed by atoms with Gasteiger partial charge in [0.2, 0.25) is 0 Å². The van der Waals surface area contributed by atoms with Gasteiger partial charge in [-0.3, -0.25) is 4.68 Å². The van der Waals surface area contributed by atoms with Crippen molar-refractivity contribution in [2.45, 2.75) is 29.5 Å². The first kappa shape index (κ1) is 15.7. The van der Waals surface area contributed by atoms with Crippen LogP contribution in [0.4, 0.5) is 0 Å². The molecule has 0 fully saturated rings. The number of hydrogen-bond acceptors (Lipinski definition) is 3. The molecule has 0 aliphatic heterocycles. The van der Waals surface area contributed by atoms with Gasteiger partial charge in [-0.05, 0) is 24.6 Å². The first-order chi connectivity index (χ1) is 9.51. The van der Waals surface area contributed by atoms with E-state index in [-0.39, 0.29) is 11.3 Å². The van der Waals surface area contributed by atoms with E-state index < -0.39 is 0 Å². The van der Waals surface area contributed by atoms with Crippen molar-refractivity contribution in [3.05, 3.63) is 46.2 Å². The molecule has 2 aromatic rings. The fourth-order valence-corrected chi connectivity index (χ4v) is 3.51. The second kappa shape index (κ2) is 6.85. The zero-order valence-electron chi connectivity index (χ0n) is 11.4. The molecule has 0 saturated carbocycles. The van der Waals surface area contributed by atoms with E-state index in [1.165, 1.54) is 0 Å². The lowest BCUT2D eigenvalue weighted by molar-refractivity contribution is 0.633. The summed E-state index contributed by atoms with van der Waals surface area (Å²) in [6.07, 6.45) is 4.77. The predicted molar refractivity (Wildman–Crippen MR) is 86.5 cm³/mol. The number of hydrogen-bond donors (Lipinski definition) is 1. The van der Waals surface area contributed by atoms with Gasteiger partial charge in [0.15, 0.2) is 0 Å². The molecule has 2 unspecified atom stereocenters. The van der Waals surface area contributed by atoms with Crippen LogP contribution in [0.3, 0.4) is 0 Å². The second-order valence-corrected chi connectivity index (χ2v) is 6.66. The van der Waals surface area contributed by atoms with E-state index in [4.69, 9.17) is 28.9 Å². The van der Waals surface area contributed by atoms with E-state index in [0.717, 1.165) is 16.9 Å². The number of nitrogens with zero attached hydrogens (tertiary/aromatic N) is 2. The molecule has 0 aliphatic rings. The Kier molecular flexibility index (Phi) is 5.38. The van der Waals surface area contributed by atoms with E-state index in [9.17, 15) is 0 Å². The van der Waals surface area contributed by atoms with Gasteiger partial charge in [-0.2, -0.15) is 5.10 Å². The Bertz CT molecular complexity index is 586. The molecule has 0 aliphatic carbocycles. The van der Waals surface area contributed by atoms with Crippen LogP contribution >= 0.6 is 35.0 Å². The Balaban J connectivity index is 2.25. The second-order valence-electron chi connectivity index (χ2n) is 4.63. The highest BCUT2D eigenvalue weighted by Crippen LogP contribution is 2.39. The highest BCUT2D eigenvalue weighted by molar-refractivity contribution is 7.99. The average Bonchev–Trinajstić information content (AvgIpc) is 2.85. The van der Waals surface area contributed by atoms with Gasteiger partial charge >= 0.3 is 0 Å². The molecule has 0 amide bonds. The fourth-order valence-electron chi connectivity index (χ4n) is 1.90. The van der Waals surface area contributed by atoms with Crippen LogP contribution in [0.25, 0.3) is 0 Å². The van der Waals surface area contributed by atoms with Crippen LogP contribution in [-0.4, -0.2) is 15.8 Å². The minimum atomic E-state index is 0.0543. The van der Waals surface area contributed by atoms with Crippen molar-refractivity contribution in [3.8, 4) is 0 Å². The zero-order valence-corrected chi connectivity index (χ0v) is 13.7. The lowest BCUT2D eigenvalue weighted by Gasteiger charge is -2.21. The summed E-state index contributed by atoms with van der Waals surface area (Å²) in [4.78, 5) is 1.05. The first-order valence-corrected chi connectivity index (χ1v) is 8.00. The van der Waals surface area contributed by atoms with Crippen molar-refractivity contribution in [2.24, 2.45) is 12.8 Å². The molecule has 0 saturated heterocycles. The fraction of sp³-hybridized carbons (Fsp3) is 0.357. The molecule has 1 heterocycles. The Morgan fingerprint density at radius 3 is 2.65 bits per heavy atom. The molecular formula is C14H17Cl2N3S. The minimum Gasteiger partial charge on any atom is -0.326 e. The third-order valence-electron chi connectivity index (χ3n) is 3.07. The maximum atomic E-state index is 6.26. The minimum absolute atomic E-state index is 0.0543. The summed E-state index contributed by atoms with van der Waals surface area (Å²) >= 11 is 13.7. The maximum absolute atomic E-state index is 6.26. The predicted octanol–water partition coefficient (Wildman–Crippen LogP) is 4.30. The topological polar surface area (TPSA) is 43.8 Å². The van der Waals surface area contributed by atoms with Crippen molar-refractivity contribution in [1.29, 1.82) is 0 Å². The molecular weight excluding hydrogens is 313 g/mol. The van der Waals surface area contributed by atoms with E-state index in [2.05, 4.69) is 12.0 Å². The van der Waals surface area contributed by atoms with Crippen LogP contribution in [0.15, 0.2) is 35.5 Å². The zero-order chi connectivity index (χ0) is 14.7. The third kappa shape index (κ3) is 3.70. The summed E-state index contributed by atoms with van der Waals surface area (Å²) in [5.74, 6) is 0. The number of nitrogens with two attached hydrogens (primary N) is 1. The summed E-state index contributed by atoms with van der Waals surface area (Å²) in [5, 5.41) is 5.50. The van der Waals surface area contributed by atoms with Gasteiger partial charge in [0, 0.05) is 29.7 Å². The Labute approximate surface area is 133 Å². The first-order valence-electron chi connectivity index (χ1n) is 6.37. The smallest absolute Gasteiger partial charge is 0.0603 e. The Morgan fingerprint density at radius 2 is 2.10 bits per heavy atom. The van der Waals surface area contributed by atoms with Crippen molar-refractivity contribution in [1.82, 2.24) is 9.78 Å². The van der Waals surface area contributed by atoms with Crippen LogP contribution in [0.1, 0.15) is 24.2 Å². The molecule has 1 aromatic heterocycles. The molecule has 0 radical (unpaired) electrons. The number of aryl methyl sites for hydroxylation is 1. The number of benzene rings is 1. The van der Waals surface area contributed by atoms with Crippen molar-refractivity contribution in [2.75, 3.05) is 0 Å². The van der Waals surface area contributed by atoms with Gasteiger partial charge in [0.1, 0.15) is 0 Å². The molecule has 1 aromatic carbocycles. The maximum Gasteiger partial charge on any atom is 0.0603 e. The molecule has 0 bridgehead atoms.